The Hall–Kier alpha value is -7.53. The van der Waals surface area contributed by atoms with Crippen molar-refractivity contribution in [1.29, 1.82) is 0 Å². The zero-order chi connectivity index (χ0) is 50.4. The van der Waals surface area contributed by atoms with E-state index in [9.17, 15) is 62.3 Å². The third-order valence-corrected chi connectivity index (χ3v) is 10.3. The highest BCUT2D eigenvalue weighted by Crippen LogP contribution is 2.31. The average Bonchev–Trinajstić information content (AvgIpc) is 3.34. The maximum atomic E-state index is 15.4. The van der Waals surface area contributed by atoms with Crippen LogP contribution in [0.5, 0.6) is 0 Å². The molecule has 352 valence electrons. The van der Waals surface area contributed by atoms with Gasteiger partial charge in [0.25, 0.3) is 0 Å². The summed E-state index contributed by atoms with van der Waals surface area (Å²) < 4.78 is 296. The molecule has 0 spiro atoms. The number of hydrogen-bond acceptors (Lipinski definition) is 2. The van der Waals surface area contributed by atoms with Crippen molar-refractivity contribution in [3.05, 3.63) is 218 Å². The van der Waals surface area contributed by atoms with Crippen LogP contribution >= 0.6 is 0 Å². The summed E-state index contributed by atoms with van der Waals surface area (Å²) in [5, 5.41) is 0. The van der Waals surface area contributed by atoms with Crippen molar-refractivity contribution in [1.82, 2.24) is 0 Å². The number of ketones is 2. The summed E-state index contributed by atoms with van der Waals surface area (Å²) in [6.07, 6.45) is -3.70. The third-order valence-electron chi connectivity index (χ3n) is 10.3. The van der Waals surface area contributed by atoms with Crippen molar-refractivity contribution in [2.24, 2.45) is 0 Å². The quantitative estimate of drug-likeness (QED) is 0.0362. The standard InChI is InChI=1S/C24BF20.C20H16NO2/c26-5-1(6(27)14(35)21(42)13(5)34)25(2-7(28)15(36)22(43)16(37)8(2)29,3-9(30)17(38)23(44)18(39)10(3)31)4-11(32)19(40)24(45)20(41)12(4)33;22-19(16-7-3-1-4-8-16)15-21-13-11-18(12-14-21)20(23)17-9-5-2-6-10-17/h;1-14H,15H2/q-1;+1. The highest BCUT2D eigenvalue weighted by Gasteiger charge is 2.52. The Kier molecular flexibility index (Phi) is 13.9. The highest BCUT2D eigenvalue weighted by atomic mass is 19.2. The summed E-state index contributed by atoms with van der Waals surface area (Å²) in [6, 6.07) is 21.8. The number of nitrogens with zero attached hydrogens (tertiary/aromatic N) is 1. The number of carbonyl (C=O) groups is 2. The van der Waals surface area contributed by atoms with Gasteiger partial charge in [-0.15, -0.1) is 21.9 Å². The minimum absolute atomic E-state index is 0.0212. The molecule has 0 saturated carbocycles. The van der Waals surface area contributed by atoms with Crippen LogP contribution in [0.1, 0.15) is 26.3 Å². The Morgan fingerprint density at radius 2 is 0.529 bits per heavy atom. The molecule has 0 aliphatic heterocycles. The molecule has 24 heteroatoms. The Morgan fingerprint density at radius 3 is 0.794 bits per heavy atom. The van der Waals surface area contributed by atoms with Gasteiger partial charge < -0.3 is 0 Å². The highest BCUT2D eigenvalue weighted by molar-refractivity contribution is 7.20. The molecule has 0 aliphatic carbocycles. The van der Waals surface area contributed by atoms with Crippen LogP contribution in [0.2, 0.25) is 0 Å². The molecule has 0 fully saturated rings. The maximum absolute atomic E-state index is 15.4. The Labute approximate surface area is 366 Å². The van der Waals surface area contributed by atoms with Gasteiger partial charge >= 0.3 is 0 Å². The predicted molar refractivity (Wildman–Crippen MR) is 197 cm³/mol. The first-order valence-electron chi connectivity index (χ1n) is 18.3. The molecule has 0 saturated heterocycles. The Balaban J connectivity index is 0.000000276. The van der Waals surface area contributed by atoms with E-state index < -0.39 is 144 Å². The fraction of sp³-hybridized carbons (Fsp3) is 0.0227. The minimum atomic E-state index is -7.22. The summed E-state index contributed by atoms with van der Waals surface area (Å²) in [4.78, 5) is 24.5. The molecule has 0 bridgehead atoms. The molecule has 7 rings (SSSR count). The van der Waals surface area contributed by atoms with Crippen molar-refractivity contribution in [2.45, 2.75) is 6.54 Å². The zero-order valence-electron chi connectivity index (χ0n) is 32.7. The van der Waals surface area contributed by atoms with Gasteiger partial charge in [0.1, 0.15) is 52.7 Å². The summed E-state index contributed by atoms with van der Waals surface area (Å²) >= 11 is 0. The summed E-state index contributed by atoms with van der Waals surface area (Å²) in [5.74, 6) is -71.4. The molecule has 1 aromatic heterocycles. The SMILES string of the molecule is Fc1c(F)c(F)c([B-](c2c(F)c(F)c(F)c(F)c2F)(c2c(F)c(F)c(F)c(F)c2F)c2c(F)c(F)c(F)c(F)c2F)c(F)c1F.O=C(C[n+]1ccc(C(=O)c2ccccc2)cc1)c1ccccc1. The van der Waals surface area contributed by atoms with Gasteiger partial charge in [0, 0.05) is 28.8 Å². The third kappa shape index (κ3) is 8.09. The van der Waals surface area contributed by atoms with Crippen LogP contribution in [0.4, 0.5) is 87.8 Å². The number of Topliss-reactive ketones (excluding diaryl/α,β-unsaturated/α-hetero) is 1. The molecule has 68 heavy (non-hydrogen) atoms. The van der Waals surface area contributed by atoms with Gasteiger partial charge in [-0.25, -0.2) is 87.8 Å². The van der Waals surface area contributed by atoms with E-state index in [0.29, 0.717) is 16.7 Å². The Bertz CT molecular complexity index is 2790. The smallest absolute Gasteiger partial charge is 0.227 e. The average molecular weight is 981 g/mol. The largest absolute Gasteiger partial charge is 0.289 e. The molecular weight excluding hydrogens is 965 g/mol. The first kappa shape index (κ1) is 49.9. The van der Waals surface area contributed by atoms with Gasteiger partial charge in [-0.05, 0) is 0 Å². The van der Waals surface area contributed by atoms with Crippen LogP contribution in [0.25, 0.3) is 0 Å². The van der Waals surface area contributed by atoms with E-state index in [0.717, 1.165) is 0 Å². The second-order valence-electron chi connectivity index (χ2n) is 14.0. The first-order valence-corrected chi connectivity index (χ1v) is 18.3. The van der Waals surface area contributed by atoms with Crippen LogP contribution < -0.4 is 26.4 Å². The van der Waals surface area contributed by atoms with Crippen LogP contribution in [0, 0.1) is 116 Å². The molecule has 0 unspecified atom stereocenters. The molecule has 6 aromatic carbocycles. The van der Waals surface area contributed by atoms with Crippen molar-refractivity contribution < 1.29 is 102 Å². The van der Waals surface area contributed by atoms with Gasteiger partial charge in [0.15, 0.2) is 88.0 Å². The van der Waals surface area contributed by atoms with Crippen LogP contribution in [-0.4, -0.2) is 17.7 Å². The number of benzene rings is 6. The van der Waals surface area contributed by atoms with Crippen molar-refractivity contribution in [3.63, 3.8) is 0 Å². The number of aromatic nitrogens is 1. The van der Waals surface area contributed by atoms with Gasteiger partial charge in [-0.2, -0.15) is 4.57 Å². The van der Waals surface area contributed by atoms with Crippen LogP contribution in [0.3, 0.4) is 0 Å². The fourth-order valence-corrected chi connectivity index (χ4v) is 7.23. The molecule has 0 amide bonds. The van der Waals surface area contributed by atoms with E-state index in [4.69, 9.17) is 0 Å². The molecule has 0 aliphatic rings. The minimum Gasteiger partial charge on any atom is -0.289 e. The number of hydrogen-bond donors (Lipinski definition) is 0. The summed E-state index contributed by atoms with van der Waals surface area (Å²) in [6.45, 7) is 0.254. The first-order chi connectivity index (χ1) is 31.9. The van der Waals surface area contributed by atoms with Crippen molar-refractivity contribution in [2.75, 3.05) is 0 Å². The molecule has 0 atom stereocenters. The number of pyridine rings is 1. The van der Waals surface area contributed by atoms with Gasteiger partial charge in [0.2, 0.25) is 12.3 Å². The van der Waals surface area contributed by atoms with Crippen LogP contribution in [-0.2, 0) is 6.54 Å². The van der Waals surface area contributed by atoms with E-state index in [-0.39, 0.29) is 18.1 Å². The van der Waals surface area contributed by atoms with Gasteiger partial charge in [-0.3, -0.25) is 9.59 Å². The summed E-state index contributed by atoms with van der Waals surface area (Å²) in [5.41, 5.74) is -12.4. The molecule has 0 radical (unpaired) electrons. The van der Waals surface area contributed by atoms with E-state index in [1.165, 1.54) is 0 Å². The predicted octanol–water partition coefficient (Wildman–Crippen LogP) is 8.93. The monoisotopic (exact) mass is 981 g/mol. The van der Waals surface area contributed by atoms with Gasteiger partial charge in [-0.1, -0.05) is 60.7 Å². The lowest BCUT2D eigenvalue weighted by atomic mass is 9.12. The molecule has 3 nitrogen and oxygen atoms in total. The summed E-state index contributed by atoms with van der Waals surface area (Å²) in [7, 11) is 0. The zero-order valence-corrected chi connectivity index (χ0v) is 32.7. The molecule has 0 N–H and O–H groups in total. The fourth-order valence-electron chi connectivity index (χ4n) is 7.23. The number of carbonyl (C=O) groups excluding carboxylic acids is 2. The molecule has 1 heterocycles. The van der Waals surface area contributed by atoms with Crippen LogP contribution in [0.15, 0.2) is 85.2 Å². The van der Waals surface area contributed by atoms with E-state index >= 15 is 35.1 Å². The van der Waals surface area contributed by atoms with Crippen molar-refractivity contribution >= 4 is 39.6 Å². The number of rotatable bonds is 9. The van der Waals surface area contributed by atoms with E-state index in [1.807, 2.05) is 36.4 Å². The molecule has 7 aromatic rings. The maximum Gasteiger partial charge on any atom is 0.227 e. The lowest BCUT2D eigenvalue weighted by Gasteiger charge is -2.44. The number of halogens is 20. The second-order valence-corrected chi connectivity index (χ2v) is 14.0. The lowest BCUT2D eigenvalue weighted by molar-refractivity contribution is -0.683. The molecular formula is C44H16BF20NO2. The second kappa shape index (κ2) is 19.0. The lowest BCUT2D eigenvalue weighted by Crippen LogP contribution is -2.81. The Morgan fingerprint density at radius 1 is 0.309 bits per heavy atom. The topological polar surface area (TPSA) is 38.0 Å². The van der Waals surface area contributed by atoms with E-state index in [1.54, 1.807) is 53.4 Å². The van der Waals surface area contributed by atoms with E-state index in [2.05, 4.69) is 0 Å². The van der Waals surface area contributed by atoms with Gasteiger partial charge in [0.05, 0.1) is 0 Å². The normalized spacial score (nSPS) is 11.4. The van der Waals surface area contributed by atoms with Crippen molar-refractivity contribution in [3.8, 4) is 0 Å².